The Hall–Kier alpha value is -2.01. The summed E-state index contributed by atoms with van der Waals surface area (Å²) in [5, 5.41) is 2.79. The lowest BCUT2D eigenvalue weighted by molar-refractivity contribution is -0.115. The summed E-state index contributed by atoms with van der Waals surface area (Å²) in [6.07, 6.45) is 0.376. The van der Waals surface area contributed by atoms with E-state index in [-0.39, 0.29) is 11.7 Å². The first kappa shape index (κ1) is 12.0. The quantitative estimate of drug-likeness (QED) is 0.828. The van der Waals surface area contributed by atoms with E-state index in [1.165, 1.54) is 23.9 Å². The number of anilines is 2. The van der Waals surface area contributed by atoms with Crippen LogP contribution in [0.5, 0.6) is 0 Å². The number of nitrogen functional groups attached to an aromatic ring is 1. The fraction of sp³-hybridized carbons (Fsp3) is 0.0714. The SMILES string of the molecule is Nc1cc2c(cc1Sc1ccc(F)cc1)NC(=O)C2. The molecule has 0 atom stereocenters. The van der Waals surface area contributed by atoms with Gasteiger partial charge in [0.15, 0.2) is 0 Å². The molecule has 19 heavy (non-hydrogen) atoms. The van der Waals surface area contributed by atoms with Crippen LogP contribution in [0.3, 0.4) is 0 Å². The number of rotatable bonds is 2. The molecule has 3 N–H and O–H groups in total. The average Bonchev–Trinajstić information content (AvgIpc) is 2.72. The van der Waals surface area contributed by atoms with Gasteiger partial charge in [-0.25, -0.2) is 4.39 Å². The van der Waals surface area contributed by atoms with Crippen LogP contribution in [-0.2, 0) is 11.2 Å². The van der Waals surface area contributed by atoms with Gasteiger partial charge < -0.3 is 11.1 Å². The second-order valence-electron chi connectivity index (χ2n) is 4.33. The largest absolute Gasteiger partial charge is 0.398 e. The van der Waals surface area contributed by atoms with Gasteiger partial charge in [0.2, 0.25) is 5.91 Å². The molecule has 1 aliphatic rings. The number of nitrogens with one attached hydrogen (secondary N) is 1. The van der Waals surface area contributed by atoms with Crippen LogP contribution in [0.15, 0.2) is 46.2 Å². The van der Waals surface area contributed by atoms with E-state index in [0.717, 1.165) is 21.0 Å². The Labute approximate surface area is 114 Å². The molecule has 0 saturated heterocycles. The maximum atomic E-state index is 12.8. The Kier molecular flexibility index (Phi) is 2.91. The molecular weight excluding hydrogens is 263 g/mol. The standard InChI is InChI=1S/C14H11FN2OS/c15-9-1-3-10(4-2-9)19-13-7-12-8(5-11(13)16)6-14(18)17-12/h1-5,7H,6,16H2,(H,17,18). The first-order chi connectivity index (χ1) is 9.11. The van der Waals surface area contributed by atoms with Crippen molar-refractivity contribution < 1.29 is 9.18 Å². The topological polar surface area (TPSA) is 55.1 Å². The Balaban J connectivity index is 1.91. The highest BCUT2D eigenvalue weighted by atomic mass is 32.2. The van der Waals surface area contributed by atoms with E-state index >= 15 is 0 Å². The molecule has 1 heterocycles. The van der Waals surface area contributed by atoms with Crippen LogP contribution in [0.25, 0.3) is 0 Å². The lowest BCUT2D eigenvalue weighted by Crippen LogP contribution is -2.03. The molecule has 0 saturated carbocycles. The lowest BCUT2D eigenvalue weighted by atomic mass is 10.1. The summed E-state index contributed by atoms with van der Waals surface area (Å²) in [5.41, 5.74) is 8.34. The molecule has 0 radical (unpaired) electrons. The number of carbonyl (C=O) groups excluding carboxylic acids is 1. The summed E-state index contributed by atoms with van der Waals surface area (Å²) in [6.45, 7) is 0. The van der Waals surface area contributed by atoms with Gasteiger partial charge in [0.1, 0.15) is 5.82 Å². The minimum absolute atomic E-state index is 0.0154. The highest BCUT2D eigenvalue weighted by molar-refractivity contribution is 7.99. The van der Waals surface area contributed by atoms with E-state index in [1.807, 2.05) is 12.1 Å². The normalized spacial score (nSPS) is 13.2. The summed E-state index contributed by atoms with van der Waals surface area (Å²) in [5.74, 6) is -0.281. The minimum atomic E-state index is -0.265. The zero-order valence-electron chi connectivity index (χ0n) is 9.94. The number of carbonyl (C=O) groups is 1. The molecule has 0 aliphatic carbocycles. The fourth-order valence-electron chi connectivity index (χ4n) is 1.99. The number of fused-ring (bicyclic) bond motifs is 1. The maximum absolute atomic E-state index is 12.8. The molecule has 3 nitrogen and oxygen atoms in total. The van der Waals surface area contributed by atoms with Gasteiger partial charge in [0.05, 0.1) is 6.42 Å². The van der Waals surface area contributed by atoms with Crippen molar-refractivity contribution in [3.05, 3.63) is 47.8 Å². The van der Waals surface area contributed by atoms with Crippen LogP contribution >= 0.6 is 11.8 Å². The molecule has 0 spiro atoms. The van der Waals surface area contributed by atoms with Crippen molar-refractivity contribution in [3.63, 3.8) is 0 Å². The molecule has 2 aromatic carbocycles. The van der Waals surface area contributed by atoms with Gasteiger partial charge in [-0.2, -0.15) is 0 Å². The van der Waals surface area contributed by atoms with Gasteiger partial charge in [-0.1, -0.05) is 11.8 Å². The van der Waals surface area contributed by atoms with E-state index in [4.69, 9.17) is 5.73 Å². The van der Waals surface area contributed by atoms with Crippen molar-refractivity contribution in [2.24, 2.45) is 0 Å². The molecule has 2 aromatic rings. The van der Waals surface area contributed by atoms with Crippen molar-refractivity contribution in [2.75, 3.05) is 11.1 Å². The Morgan fingerprint density at radius 1 is 1.21 bits per heavy atom. The smallest absolute Gasteiger partial charge is 0.228 e. The lowest BCUT2D eigenvalue weighted by Gasteiger charge is -2.08. The maximum Gasteiger partial charge on any atom is 0.228 e. The number of halogens is 1. The first-order valence-electron chi connectivity index (χ1n) is 5.77. The van der Waals surface area contributed by atoms with E-state index < -0.39 is 0 Å². The number of nitrogens with two attached hydrogens (primary N) is 1. The van der Waals surface area contributed by atoms with Crippen LogP contribution < -0.4 is 11.1 Å². The van der Waals surface area contributed by atoms with Crippen LogP contribution in [-0.4, -0.2) is 5.91 Å². The van der Waals surface area contributed by atoms with Gasteiger partial charge >= 0.3 is 0 Å². The third-order valence-electron chi connectivity index (χ3n) is 2.90. The Morgan fingerprint density at radius 2 is 1.95 bits per heavy atom. The van der Waals surface area contributed by atoms with Crippen molar-refractivity contribution in [1.82, 2.24) is 0 Å². The Bertz CT molecular complexity index is 655. The predicted octanol–water partition coefficient (Wildman–Crippen LogP) is 3.05. The summed E-state index contributed by atoms with van der Waals surface area (Å²) < 4.78 is 12.8. The van der Waals surface area contributed by atoms with Crippen molar-refractivity contribution >= 4 is 29.0 Å². The van der Waals surface area contributed by atoms with E-state index in [0.29, 0.717) is 12.1 Å². The van der Waals surface area contributed by atoms with Crippen molar-refractivity contribution in [1.29, 1.82) is 0 Å². The van der Waals surface area contributed by atoms with Crippen LogP contribution in [0.4, 0.5) is 15.8 Å². The van der Waals surface area contributed by atoms with Gasteiger partial charge in [0.25, 0.3) is 0 Å². The number of hydrogen-bond acceptors (Lipinski definition) is 3. The van der Waals surface area contributed by atoms with Crippen molar-refractivity contribution in [2.45, 2.75) is 16.2 Å². The van der Waals surface area contributed by atoms with E-state index in [2.05, 4.69) is 5.32 Å². The zero-order valence-corrected chi connectivity index (χ0v) is 10.8. The van der Waals surface area contributed by atoms with Gasteiger partial charge in [0, 0.05) is 21.2 Å². The van der Waals surface area contributed by atoms with Gasteiger partial charge in [-0.15, -0.1) is 0 Å². The van der Waals surface area contributed by atoms with E-state index in [9.17, 15) is 9.18 Å². The summed E-state index contributed by atoms with van der Waals surface area (Å²) in [4.78, 5) is 13.1. The van der Waals surface area contributed by atoms with Crippen LogP contribution in [0.1, 0.15) is 5.56 Å². The Morgan fingerprint density at radius 3 is 2.68 bits per heavy atom. The summed E-state index contributed by atoms with van der Waals surface area (Å²) in [7, 11) is 0. The van der Waals surface area contributed by atoms with Crippen LogP contribution in [0, 0.1) is 5.82 Å². The monoisotopic (exact) mass is 274 g/mol. The number of amides is 1. The predicted molar refractivity (Wildman–Crippen MR) is 73.7 cm³/mol. The number of benzene rings is 2. The molecule has 5 heteroatoms. The molecular formula is C14H11FN2OS. The summed E-state index contributed by atoms with van der Waals surface area (Å²) >= 11 is 1.45. The molecule has 3 rings (SSSR count). The molecule has 0 unspecified atom stereocenters. The molecule has 0 fully saturated rings. The molecule has 0 bridgehead atoms. The first-order valence-corrected chi connectivity index (χ1v) is 6.59. The molecule has 1 aliphatic heterocycles. The third-order valence-corrected chi connectivity index (χ3v) is 3.98. The zero-order chi connectivity index (χ0) is 13.4. The van der Waals surface area contributed by atoms with Gasteiger partial charge in [-0.3, -0.25) is 4.79 Å². The molecule has 96 valence electrons. The van der Waals surface area contributed by atoms with E-state index in [1.54, 1.807) is 12.1 Å². The number of hydrogen-bond donors (Lipinski definition) is 2. The van der Waals surface area contributed by atoms with Crippen molar-refractivity contribution in [3.8, 4) is 0 Å². The highest BCUT2D eigenvalue weighted by Crippen LogP contribution is 2.37. The molecule has 1 amide bonds. The second kappa shape index (κ2) is 4.59. The third kappa shape index (κ3) is 2.42. The minimum Gasteiger partial charge on any atom is -0.398 e. The summed E-state index contributed by atoms with van der Waals surface area (Å²) in [6, 6.07) is 9.90. The molecule has 0 aromatic heterocycles. The van der Waals surface area contributed by atoms with Gasteiger partial charge in [-0.05, 0) is 42.0 Å². The highest BCUT2D eigenvalue weighted by Gasteiger charge is 2.19. The fourth-order valence-corrected chi connectivity index (χ4v) is 2.87. The second-order valence-corrected chi connectivity index (χ2v) is 5.44. The van der Waals surface area contributed by atoms with Crippen LogP contribution in [0.2, 0.25) is 0 Å². The average molecular weight is 274 g/mol.